The second-order valence-electron chi connectivity index (χ2n) is 4.38. The molecule has 1 N–H and O–H groups in total. The first-order chi connectivity index (χ1) is 10.1. The molecule has 0 aliphatic heterocycles. The predicted octanol–water partition coefficient (Wildman–Crippen LogP) is 3.16. The molecule has 21 heavy (non-hydrogen) atoms. The average Bonchev–Trinajstić information content (AvgIpc) is 2.52. The Morgan fingerprint density at radius 2 is 1.86 bits per heavy atom. The number of esters is 1. The second-order valence-corrected chi connectivity index (χ2v) is 4.38. The maximum Gasteiger partial charge on any atom is 0.332 e. The van der Waals surface area contributed by atoms with Gasteiger partial charge in [0.1, 0.15) is 11.6 Å². The second kappa shape index (κ2) is 6.74. The van der Waals surface area contributed by atoms with Crippen molar-refractivity contribution in [1.29, 1.82) is 0 Å². The van der Waals surface area contributed by atoms with Crippen molar-refractivity contribution in [2.75, 3.05) is 19.5 Å². The van der Waals surface area contributed by atoms with Crippen molar-refractivity contribution < 1.29 is 18.7 Å². The van der Waals surface area contributed by atoms with Gasteiger partial charge in [0, 0.05) is 5.69 Å². The van der Waals surface area contributed by atoms with Crippen molar-refractivity contribution >= 4 is 11.7 Å². The number of hydrogen-bond acceptors (Lipinski definition) is 4. The molecule has 110 valence electrons. The molecule has 2 aromatic carbocycles. The number of anilines is 1. The summed E-state index contributed by atoms with van der Waals surface area (Å²) in [5, 5.41) is 3.03. The minimum Gasteiger partial charge on any atom is -0.497 e. The summed E-state index contributed by atoms with van der Waals surface area (Å²) < 4.78 is 23.2. The number of rotatable bonds is 5. The van der Waals surface area contributed by atoms with E-state index < -0.39 is 17.8 Å². The molecule has 0 saturated carbocycles. The number of carbonyl (C=O) groups is 1. The number of halogens is 1. The smallest absolute Gasteiger partial charge is 0.332 e. The topological polar surface area (TPSA) is 47.6 Å². The van der Waals surface area contributed by atoms with Gasteiger partial charge in [-0.05, 0) is 42.0 Å². The fraction of sp³-hybridized carbons (Fsp3) is 0.188. The molecule has 2 rings (SSSR count). The largest absolute Gasteiger partial charge is 0.497 e. The monoisotopic (exact) mass is 289 g/mol. The van der Waals surface area contributed by atoms with Gasteiger partial charge in [-0.3, -0.25) is 0 Å². The van der Waals surface area contributed by atoms with Gasteiger partial charge in [-0.2, -0.15) is 0 Å². The normalized spacial score (nSPS) is 11.6. The van der Waals surface area contributed by atoms with E-state index in [1.54, 1.807) is 43.5 Å². The van der Waals surface area contributed by atoms with Crippen molar-refractivity contribution in [1.82, 2.24) is 0 Å². The molecular weight excluding hydrogens is 273 g/mol. The number of ether oxygens (including phenoxy) is 2. The Hall–Kier alpha value is -2.56. The van der Waals surface area contributed by atoms with Crippen molar-refractivity contribution in [3.05, 3.63) is 59.9 Å². The van der Waals surface area contributed by atoms with Crippen molar-refractivity contribution in [3.63, 3.8) is 0 Å². The molecule has 1 unspecified atom stereocenters. The Labute approximate surface area is 122 Å². The van der Waals surface area contributed by atoms with Crippen molar-refractivity contribution in [2.45, 2.75) is 6.04 Å². The van der Waals surface area contributed by atoms with E-state index in [2.05, 4.69) is 5.32 Å². The van der Waals surface area contributed by atoms with Crippen LogP contribution in [0.25, 0.3) is 0 Å². The SMILES string of the molecule is COC(=O)C(Nc1ccc(OC)cc1)c1cccc(F)c1. The minimum absolute atomic E-state index is 0.405. The van der Waals surface area contributed by atoms with Gasteiger partial charge in [-0.25, -0.2) is 9.18 Å². The third-order valence-electron chi connectivity index (χ3n) is 3.02. The van der Waals surface area contributed by atoms with Crippen LogP contribution in [-0.4, -0.2) is 20.2 Å². The number of carbonyl (C=O) groups excluding carboxylic acids is 1. The zero-order chi connectivity index (χ0) is 15.2. The summed E-state index contributed by atoms with van der Waals surface area (Å²) >= 11 is 0. The molecule has 1 atom stereocenters. The summed E-state index contributed by atoms with van der Waals surface area (Å²) in [4.78, 5) is 11.9. The van der Waals surface area contributed by atoms with Gasteiger partial charge < -0.3 is 14.8 Å². The van der Waals surface area contributed by atoms with Gasteiger partial charge >= 0.3 is 5.97 Å². The first-order valence-electron chi connectivity index (χ1n) is 6.38. The van der Waals surface area contributed by atoms with Gasteiger partial charge in [-0.15, -0.1) is 0 Å². The Kier molecular flexibility index (Phi) is 4.77. The lowest BCUT2D eigenvalue weighted by molar-refractivity contribution is -0.141. The lowest BCUT2D eigenvalue weighted by atomic mass is 10.1. The lowest BCUT2D eigenvalue weighted by Gasteiger charge is -2.18. The van der Waals surface area contributed by atoms with Crippen molar-refractivity contribution in [2.24, 2.45) is 0 Å². The first kappa shape index (κ1) is 14.8. The van der Waals surface area contributed by atoms with Crippen LogP contribution in [0.1, 0.15) is 11.6 Å². The summed E-state index contributed by atoms with van der Waals surface area (Å²) in [6.07, 6.45) is 0. The molecule has 0 saturated heterocycles. The summed E-state index contributed by atoms with van der Waals surface area (Å²) in [7, 11) is 2.87. The molecule has 2 aromatic rings. The van der Waals surface area contributed by atoms with E-state index in [9.17, 15) is 9.18 Å². The molecule has 0 amide bonds. The van der Waals surface area contributed by atoms with Crippen LogP contribution in [0.5, 0.6) is 5.75 Å². The number of nitrogens with one attached hydrogen (secondary N) is 1. The van der Waals surface area contributed by atoms with Crippen LogP contribution in [0.4, 0.5) is 10.1 Å². The molecule has 0 aromatic heterocycles. The fourth-order valence-electron chi connectivity index (χ4n) is 1.94. The van der Waals surface area contributed by atoms with Crippen LogP contribution in [-0.2, 0) is 9.53 Å². The molecule has 0 spiro atoms. The van der Waals surface area contributed by atoms with Gasteiger partial charge in [0.25, 0.3) is 0 Å². The number of methoxy groups -OCH3 is 2. The van der Waals surface area contributed by atoms with Crippen LogP contribution in [0.15, 0.2) is 48.5 Å². The Morgan fingerprint density at radius 3 is 2.43 bits per heavy atom. The maximum absolute atomic E-state index is 13.3. The summed E-state index contributed by atoms with van der Waals surface area (Å²) in [5.74, 6) is -0.185. The van der Waals surface area contributed by atoms with Gasteiger partial charge in [0.2, 0.25) is 0 Å². The summed E-state index contributed by atoms with van der Waals surface area (Å²) in [6, 6.07) is 12.1. The van der Waals surface area contributed by atoms with Crippen LogP contribution >= 0.6 is 0 Å². The zero-order valence-corrected chi connectivity index (χ0v) is 11.8. The molecule has 4 nitrogen and oxygen atoms in total. The molecule has 0 fully saturated rings. The molecule has 0 heterocycles. The lowest BCUT2D eigenvalue weighted by Crippen LogP contribution is -2.22. The van der Waals surface area contributed by atoms with E-state index in [0.717, 1.165) is 0 Å². The molecular formula is C16H16FNO3. The van der Waals surface area contributed by atoms with Crippen LogP contribution in [0, 0.1) is 5.82 Å². The Morgan fingerprint density at radius 1 is 1.14 bits per heavy atom. The van der Waals surface area contributed by atoms with Crippen LogP contribution in [0.3, 0.4) is 0 Å². The van der Waals surface area contributed by atoms with E-state index in [-0.39, 0.29) is 0 Å². The summed E-state index contributed by atoms with van der Waals surface area (Å²) in [5.41, 5.74) is 1.20. The average molecular weight is 289 g/mol. The molecule has 0 aliphatic carbocycles. The molecule has 5 heteroatoms. The highest BCUT2D eigenvalue weighted by molar-refractivity contribution is 5.81. The van der Waals surface area contributed by atoms with E-state index in [1.165, 1.54) is 19.2 Å². The molecule has 0 bridgehead atoms. The first-order valence-corrected chi connectivity index (χ1v) is 6.38. The van der Waals surface area contributed by atoms with E-state index >= 15 is 0 Å². The molecule has 0 aliphatic rings. The highest BCUT2D eigenvalue weighted by atomic mass is 19.1. The predicted molar refractivity (Wildman–Crippen MR) is 77.8 cm³/mol. The van der Waals surface area contributed by atoms with E-state index in [0.29, 0.717) is 17.0 Å². The standard InChI is InChI=1S/C16H16FNO3/c1-20-14-8-6-13(7-9-14)18-15(16(19)21-2)11-4-3-5-12(17)10-11/h3-10,15,18H,1-2H3. The minimum atomic E-state index is -0.779. The highest BCUT2D eigenvalue weighted by Gasteiger charge is 2.21. The van der Waals surface area contributed by atoms with E-state index in [4.69, 9.17) is 9.47 Å². The highest BCUT2D eigenvalue weighted by Crippen LogP contribution is 2.23. The Bertz CT molecular complexity index is 613. The zero-order valence-electron chi connectivity index (χ0n) is 11.8. The number of benzene rings is 2. The van der Waals surface area contributed by atoms with E-state index in [1.807, 2.05) is 0 Å². The molecule has 0 radical (unpaired) electrons. The van der Waals surface area contributed by atoms with Crippen molar-refractivity contribution in [3.8, 4) is 5.75 Å². The van der Waals surface area contributed by atoms with Gasteiger partial charge in [0.05, 0.1) is 14.2 Å². The van der Waals surface area contributed by atoms with Gasteiger partial charge in [-0.1, -0.05) is 12.1 Å². The maximum atomic E-state index is 13.3. The van der Waals surface area contributed by atoms with Crippen LogP contribution in [0.2, 0.25) is 0 Å². The third kappa shape index (κ3) is 3.72. The Balaban J connectivity index is 2.26. The quantitative estimate of drug-likeness (QED) is 0.859. The fourth-order valence-corrected chi connectivity index (χ4v) is 1.94. The van der Waals surface area contributed by atoms with Gasteiger partial charge in [0.15, 0.2) is 6.04 Å². The van der Waals surface area contributed by atoms with Crippen LogP contribution < -0.4 is 10.1 Å². The summed E-state index contributed by atoms with van der Waals surface area (Å²) in [6.45, 7) is 0. The number of hydrogen-bond donors (Lipinski definition) is 1. The third-order valence-corrected chi connectivity index (χ3v) is 3.02.